The van der Waals surface area contributed by atoms with Crippen LogP contribution in [-0.2, 0) is 6.61 Å². The van der Waals surface area contributed by atoms with Gasteiger partial charge in [0.1, 0.15) is 24.0 Å². The van der Waals surface area contributed by atoms with Gasteiger partial charge in [-0.25, -0.2) is 0 Å². The van der Waals surface area contributed by atoms with Gasteiger partial charge in [0.2, 0.25) is 17.1 Å². The minimum atomic E-state index is -0.670. The highest BCUT2D eigenvalue weighted by atomic mass is 79.9. The van der Waals surface area contributed by atoms with E-state index in [0.717, 1.165) is 16.1 Å². The topological polar surface area (TPSA) is 109 Å². The smallest absolute Gasteiger partial charge is 0.228 e. The van der Waals surface area contributed by atoms with Crippen molar-refractivity contribution in [3.63, 3.8) is 0 Å². The largest absolute Gasteiger partial charge is 0.458 e. The molecule has 1 aliphatic heterocycles. The molecule has 0 spiro atoms. The Balaban J connectivity index is 2.28. The first-order valence-corrected chi connectivity index (χ1v) is 7.45. The number of fused-ring (bicyclic) bond motifs is 1. The predicted molar refractivity (Wildman–Crippen MR) is 84.3 cm³/mol. The van der Waals surface area contributed by atoms with Gasteiger partial charge in [-0.15, -0.1) is 0 Å². The third kappa shape index (κ3) is 2.63. The fraction of sp³-hybridized carbons (Fsp3) is 0.125. The van der Waals surface area contributed by atoms with Crippen molar-refractivity contribution in [1.29, 1.82) is 5.26 Å². The van der Waals surface area contributed by atoms with E-state index < -0.39 is 18.0 Å². The Morgan fingerprint density at radius 3 is 2.65 bits per heavy atom. The Hall–Kier alpha value is -2.56. The molecule has 0 fully saturated rings. The van der Waals surface area contributed by atoms with Crippen LogP contribution in [0.25, 0.3) is 0 Å². The normalized spacial score (nSPS) is 16.5. The van der Waals surface area contributed by atoms with E-state index >= 15 is 0 Å². The van der Waals surface area contributed by atoms with Crippen LogP contribution in [0.1, 0.15) is 23.0 Å². The second kappa shape index (κ2) is 5.91. The lowest BCUT2D eigenvalue weighted by molar-refractivity contribution is 0.231. The van der Waals surface area contributed by atoms with Gasteiger partial charge >= 0.3 is 0 Å². The number of nitrogens with zero attached hydrogens (tertiary/aromatic N) is 1. The van der Waals surface area contributed by atoms with Gasteiger partial charge in [-0.1, -0.05) is 28.1 Å². The van der Waals surface area contributed by atoms with E-state index in [1.165, 1.54) is 0 Å². The average molecular weight is 375 g/mol. The molecular formula is C16H11BrN2O4. The third-order valence-corrected chi connectivity index (χ3v) is 4.02. The van der Waals surface area contributed by atoms with Crippen LogP contribution in [0.3, 0.4) is 0 Å². The van der Waals surface area contributed by atoms with E-state index in [1.54, 1.807) is 12.1 Å². The number of hydrogen-bond acceptors (Lipinski definition) is 6. The van der Waals surface area contributed by atoms with E-state index in [1.807, 2.05) is 18.2 Å². The predicted octanol–water partition coefficient (Wildman–Crippen LogP) is 2.11. The van der Waals surface area contributed by atoms with Crippen molar-refractivity contribution in [1.82, 2.24) is 0 Å². The van der Waals surface area contributed by atoms with Crippen molar-refractivity contribution in [3.8, 4) is 11.8 Å². The van der Waals surface area contributed by atoms with Crippen LogP contribution in [-0.4, -0.2) is 5.11 Å². The summed E-state index contributed by atoms with van der Waals surface area (Å²) in [5.41, 5.74) is 6.21. The van der Waals surface area contributed by atoms with Crippen LogP contribution in [0.5, 0.6) is 5.75 Å². The van der Waals surface area contributed by atoms with Crippen LogP contribution in [0, 0.1) is 11.3 Å². The van der Waals surface area contributed by atoms with E-state index in [4.69, 9.17) is 14.9 Å². The Kier molecular flexibility index (Phi) is 3.94. The van der Waals surface area contributed by atoms with Gasteiger partial charge in [0, 0.05) is 10.5 Å². The SMILES string of the molecule is N#CC1=C(N)Oc2c(oc(CO)cc2=O)[C@@H]1c1ccc(Br)cc1. The highest BCUT2D eigenvalue weighted by molar-refractivity contribution is 9.10. The summed E-state index contributed by atoms with van der Waals surface area (Å²) in [6.45, 7) is -0.434. The lowest BCUT2D eigenvalue weighted by atomic mass is 9.87. The quantitative estimate of drug-likeness (QED) is 0.832. The lowest BCUT2D eigenvalue weighted by Gasteiger charge is -2.24. The van der Waals surface area contributed by atoms with Gasteiger partial charge in [-0.2, -0.15) is 5.26 Å². The van der Waals surface area contributed by atoms with Gasteiger partial charge in [0.25, 0.3) is 0 Å². The molecule has 0 saturated heterocycles. The van der Waals surface area contributed by atoms with Crippen LogP contribution < -0.4 is 15.9 Å². The summed E-state index contributed by atoms with van der Waals surface area (Å²) in [6, 6.07) is 10.4. The molecule has 0 bridgehead atoms. The molecule has 1 aliphatic rings. The summed E-state index contributed by atoms with van der Waals surface area (Å²) in [4.78, 5) is 12.2. The molecule has 23 heavy (non-hydrogen) atoms. The van der Waals surface area contributed by atoms with Gasteiger partial charge < -0.3 is 20.0 Å². The molecule has 3 N–H and O–H groups in total. The maximum atomic E-state index is 12.2. The van der Waals surface area contributed by atoms with E-state index in [0.29, 0.717) is 0 Å². The van der Waals surface area contributed by atoms with Crippen molar-refractivity contribution in [3.05, 3.63) is 73.6 Å². The lowest BCUT2D eigenvalue weighted by Crippen LogP contribution is -2.25. The maximum absolute atomic E-state index is 12.2. The van der Waals surface area contributed by atoms with Crippen molar-refractivity contribution in [2.45, 2.75) is 12.5 Å². The molecule has 2 heterocycles. The third-order valence-electron chi connectivity index (χ3n) is 3.49. The molecule has 116 valence electrons. The maximum Gasteiger partial charge on any atom is 0.228 e. The zero-order chi connectivity index (χ0) is 16.6. The number of rotatable bonds is 2. The number of benzene rings is 1. The highest BCUT2D eigenvalue weighted by Crippen LogP contribution is 2.41. The van der Waals surface area contributed by atoms with Gasteiger partial charge in [0.05, 0.1) is 5.92 Å². The van der Waals surface area contributed by atoms with Crippen molar-refractivity contribution in [2.75, 3.05) is 0 Å². The number of aliphatic hydroxyl groups excluding tert-OH is 1. The summed E-state index contributed by atoms with van der Waals surface area (Å²) in [7, 11) is 0. The molecule has 0 amide bonds. The fourth-order valence-electron chi connectivity index (χ4n) is 2.45. The van der Waals surface area contributed by atoms with E-state index in [-0.39, 0.29) is 28.7 Å². The molecule has 1 aromatic carbocycles. The zero-order valence-electron chi connectivity index (χ0n) is 11.7. The molecule has 1 atom stereocenters. The number of allylic oxidation sites excluding steroid dienone is 1. The summed E-state index contributed by atoms with van der Waals surface area (Å²) >= 11 is 3.35. The molecule has 0 unspecified atom stereocenters. The zero-order valence-corrected chi connectivity index (χ0v) is 13.3. The highest BCUT2D eigenvalue weighted by Gasteiger charge is 2.35. The van der Waals surface area contributed by atoms with Crippen LogP contribution in [0.4, 0.5) is 0 Å². The van der Waals surface area contributed by atoms with Crippen molar-refractivity contribution >= 4 is 15.9 Å². The number of hydrogen-bond donors (Lipinski definition) is 2. The second-order valence-electron chi connectivity index (χ2n) is 4.90. The minimum Gasteiger partial charge on any atom is -0.458 e. The molecule has 0 aliphatic carbocycles. The number of halogens is 1. The molecular weight excluding hydrogens is 364 g/mol. The minimum absolute atomic E-state index is 0.0633. The van der Waals surface area contributed by atoms with Gasteiger partial charge in [-0.3, -0.25) is 4.79 Å². The summed E-state index contributed by atoms with van der Waals surface area (Å²) in [5, 5.41) is 18.7. The Morgan fingerprint density at radius 1 is 1.35 bits per heavy atom. The molecule has 1 aromatic heterocycles. The number of aliphatic hydroxyl groups is 1. The fourth-order valence-corrected chi connectivity index (χ4v) is 2.71. The molecule has 2 aromatic rings. The first-order valence-electron chi connectivity index (χ1n) is 6.66. The molecule has 6 nitrogen and oxygen atoms in total. The van der Waals surface area contributed by atoms with Crippen LogP contribution in [0.15, 0.2) is 55.5 Å². The Morgan fingerprint density at radius 2 is 2.04 bits per heavy atom. The average Bonchev–Trinajstić information content (AvgIpc) is 2.55. The second-order valence-corrected chi connectivity index (χ2v) is 5.82. The number of nitrogens with two attached hydrogens (primary N) is 1. The Bertz CT molecular complexity index is 894. The van der Waals surface area contributed by atoms with E-state index in [2.05, 4.69) is 15.9 Å². The monoisotopic (exact) mass is 374 g/mol. The first-order chi connectivity index (χ1) is 11.0. The molecule has 0 radical (unpaired) electrons. The molecule has 0 saturated carbocycles. The van der Waals surface area contributed by atoms with Crippen molar-refractivity contribution in [2.24, 2.45) is 5.73 Å². The number of ether oxygens (including phenoxy) is 1. The van der Waals surface area contributed by atoms with Gasteiger partial charge in [-0.05, 0) is 17.7 Å². The molecule has 3 rings (SSSR count). The van der Waals surface area contributed by atoms with Crippen LogP contribution in [0.2, 0.25) is 0 Å². The Labute approximate surface area is 139 Å². The van der Waals surface area contributed by atoms with Gasteiger partial charge in [0.15, 0.2) is 5.76 Å². The summed E-state index contributed by atoms with van der Waals surface area (Å²) in [6.07, 6.45) is 0. The standard InChI is InChI=1S/C16H11BrN2O4/c17-9-3-1-8(2-4-9)13-11(6-18)16(19)23-14-12(21)5-10(7-20)22-15(13)14/h1-5,13,20H,7,19H2/t13-/m1/s1. The van der Waals surface area contributed by atoms with E-state index in [9.17, 15) is 15.2 Å². The molecule has 7 heteroatoms. The summed E-state index contributed by atoms with van der Waals surface area (Å²) in [5.74, 6) is -0.605. The number of nitriles is 1. The van der Waals surface area contributed by atoms with Crippen LogP contribution >= 0.6 is 15.9 Å². The summed E-state index contributed by atoms with van der Waals surface area (Å²) < 4.78 is 11.7. The first kappa shape index (κ1) is 15.3. The van der Waals surface area contributed by atoms with Crippen molar-refractivity contribution < 1.29 is 14.3 Å².